The number of carbonyl (C=O) groups excluding carboxylic acids is 2. The highest BCUT2D eigenvalue weighted by Gasteiger charge is 2.47. The van der Waals surface area contributed by atoms with Gasteiger partial charge in [0.25, 0.3) is 0 Å². The first-order valence-corrected chi connectivity index (χ1v) is 10.6. The fourth-order valence-corrected chi connectivity index (χ4v) is 4.55. The Morgan fingerprint density at radius 1 is 1.22 bits per heavy atom. The maximum atomic E-state index is 13.8. The van der Waals surface area contributed by atoms with Crippen LogP contribution in [0.15, 0.2) is 36.5 Å². The van der Waals surface area contributed by atoms with Crippen molar-refractivity contribution in [2.75, 3.05) is 18.9 Å². The normalized spacial score (nSPS) is 21.1. The minimum Gasteiger partial charge on any atom is -0.380 e. The quantitative estimate of drug-likeness (QED) is 0.707. The largest absolute Gasteiger partial charge is 0.414 e. The highest BCUT2D eigenvalue weighted by Crippen LogP contribution is 2.37. The molecule has 170 valence electrons. The second kappa shape index (κ2) is 8.61. The van der Waals surface area contributed by atoms with Gasteiger partial charge in [0.15, 0.2) is 6.04 Å². The highest BCUT2D eigenvalue weighted by atomic mass is 35.5. The van der Waals surface area contributed by atoms with Crippen LogP contribution in [0.4, 0.5) is 18.9 Å². The topological polar surface area (TPSA) is 74.3 Å². The van der Waals surface area contributed by atoms with Crippen LogP contribution in [0, 0.1) is 5.92 Å². The summed E-state index contributed by atoms with van der Waals surface area (Å²) < 4.78 is 41.5. The molecule has 4 rings (SSSR count). The third-order valence-electron chi connectivity index (χ3n) is 5.91. The summed E-state index contributed by atoms with van der Waals surface area (Å²) >= 11 is 6.04. The minimum atomic E-state index is -4.71. The summed E-state index contributed by atoms with van der Waals surface area (Å²) in [5.74, 6) is -1.89. The molecule has 1 aliphatic carbocycles. The zero-order valence-electron chi connectivity index (χ0n) is 17.2. The lowest BCUT2D eigenvalue weighted by Gasteiger charge is -2.31. The molecule has 2 N–H and O–H groups in total. The molecule has 6 nitrogen and oxygen atoms in total. The van der Waals surface area contributed by atoms with Crippen LogP contribution in [0.5, 0.6) is 0 Å². The molecule has 2 amide bonds. The van der Waals surface area contributed by atoms with E-state index in [1.807, 2.05) is 18.2 Å². The summed E-state index contributed by atoms with van der Waals surface area (Å²) in [6.07, 6.45) is -1.93. The molecular weight excluding hydrogens is 445 g/mol. The molecule has 0 saturated carbocycles. The molecule has 0 bridgehead atoms. The maximum absolute atomic E-state index is 13.8. The van der Waals surface area contributed by atoms with Crippen molar-refractivity contribution in [3.63, 3.8) is 0 Å². The van der Waals surface area contributed by atoms with Gasteiger partial charge in [-0.05, 0) is 48.2 Å². The average Bonchev–Trinajstić information content (AvgIpc) is 3.33. The van der Waals surface area contributed by atoms with Gasteiger partial charge in [0.2, 0.25) is 11.8 Å². The molecule has 32 heavy (non-hydrogen) atoms. The molecule has 0 spiro atoms. The molecule has 2 aromatic rings. The molecule has 1 saturated heterocycles. The van der Waals surface area contributed by atoms with Gasteiger partial charge in [-0.1, -0.05) is 17.7 Å². The molecule has 0 radical (unpaired) electrons. The number of nitrogens with zero attached hydrogens (tertiary/aromatic N) is 2. The van der Waals surface area contributed by atoms with Gasteiger partial charge in [0.1, 0.15) is 0 Å². The minimum absolute atomic E-state index is 0.0395. The molecule has 2 heterocycles. The summed E-state index contributed by atoms with van der Waals surface area (Å²) in [4.78, 5) is 28.6. The van der Waals surface area contributed by atoms with E-state index in [1.54, 1.807) is 0 Å². The third-order valence-corrected chi connectivity index (χ3v) is 6.14. The van der Waals surface area contributed by atoms with Gasteiger partial charge in [-0.25, -0.2) is 0 Å². The first-order chi connectivity index (χ1) is 15.1. The molecule has 2 aliphatic rings. The molecular formula is C22H22ClF3N4O2. The monoisotopic (exact) mass is 466 g/mol. The fraction of sp³-hybridized carbons (Fsp3) is 0.409. The molecule has 1 aromatic heterocycles. The Hall–Kier alpha value is -2.81. The van der Waals surface area contributed by atoms with Crippen molar-refractivity contribution >= 4 is 29.1 Å². The van der Waals surface area contributed by atoms with Crippen LogP contribution in [0.2, 0.25) is 5.02 Å². The van der Waals surface area contributed by atoms with Crippen molar-refractivity contribution in [3.8, 4) is 0 Å². The first kappa shape index (κ1) is 22.4. The lowest BCUT2D eigenvalue weighted by atomic mass is 10.0. The SMILES string of the molecule is CN(C(=O)C1CNC(=O)C1)[C@@H](c1ccc(NC2Cc3ccc(Cl)cc3C2)cn1)C(F)(F)F. The van der Waals surface area contributed by atoms with Crippen molar-refractivity contribution in [2.24, 2.45) is 5.92 Å². The molecule has 1 fully saturated rings. The average molecular weight is 467 g/mol. The van der Waals surface area contributed by atoms with Gasteiger partial charge >= 0.3 is 6.18 Å². The van der Waals surface area contributed by atoms with E-state index in [-0.39, 0.29) is 30.6 Å². The number of nitrogens with one attached hydrogen (secondary N) is 2. The summed E-state index contributed by atoms with van der Waals surface area (Å²) in [5, 5.41) is 6.45. The molecule has 10 heteroatoms. The summed E-state index contributed by atoms with van der Waals surface area (Å²) in [6, 6.07) is 6.45. The van der Waals surface area contributed by atoms with Crippen LogP contribution >= 0.6 is 11.6 Å². The summed E-state index contributed by atoms with van der Waals surface area (Å²) in [7, 11) is 1.10. The van der Waals surface area contributed by atoms with Crippen LogP contribution in [0.1, 0.15) is 29.3 Å². The van der Waals surface area contributed by atoms with Crippen molar-refractivity contribution < 1.29 is 22.8 Å². The Morgan fingerprint density at radius 2 is 1.97 bits per heavy atom. The lowest BCUT2D eigenvalue weighted by molar-refractivity contribution is -0.191. The van der Waals surface area contributed by atoms with E-state index in [0.717, 1.165) is 25.5 Å². The lowest BCUT2D eigenvalue weighted by Crippen LogP contribution is -2.43. The zero-order chi connectivity index (χ0) is 23.0. The molecule has 1 aromatic carbocycles. The standard InChI is InChI=1S/C22H22ClF3N4O2/c1-30(21(32)14-9-19(31)28-10-14)20(22(24,25)26)18-5-4-16(11-27-18)29-17-7-12-2-3-15(23)6-13(12)8-17/h2-6,11,14,17,20,29H,7-10H2,1H3,(H,28,31)/t14?,17?,20-/m0/s1. The number of amides is 2. The van der Waals surface area contributed by atoms with Crippen LogP contribution in [0.25, 0.3) is 0 Å². The second-order valence-corrected chi connectivity index (χ2v) is 8.67. The van der Waals surface area contributed by atoms with Gasteiger partial charge in [-0.2, -0.15) is 13.2 Å². The van der Waals surface area contributed by atoms with Gasteiger partial charge < -0.3 is 15.5 Å². The van der Waals surface area contributed by atoms with E-state index in [9.17, 15) is 22.8 Å². The predicted molar refractivity (Wildman–Crippen MR) is 113 cm³/mol. The number of halogens is 4. The van der Waals surface area contributed by atoms with E-state index >= 15 is 0 Å². The Labute approximate surface area is 188 Å². The Morgan fingerprint density at radius 3 is 2.59 bits per heavy atom. The fourth-order valence-electron chi connectivity index (χ4n) is 4.36. The number of alkyl halides is 3. The zero-order valence-corrected chi connectivity index (χ0v) is 18.0. The molecule has 2 unspecified atom stereocenters. The van der Waals surface area contributed by atoms with Gasteiger partial charge in [0.05, 0.1) is 23.5 Å². The number of hydrogen-bond acceptors (Lipinski definition) is 4. The van der Waals surface area contributed by atoms with E-state index in [4.69, 9.17) is 11.6 Å². The van der Waals surface area contributed by atoms with E-state index in [1.165, 1.54) is 23.9 Å². The van der Waals surface area contributed by atoms with E-state index in [2.05, 4.69) is 15.6 Å². The van der Waals surface area contributed by atoms with Gasteiger partial charge in [-0.15, -0.1) is 0 Å². The van der Waals surface area contributed by atoms with Gasteiger partial charge in [-0.3, -0.25) is 14.6 Å². The number of aromatic nitrogens is 1. The number of rotatable bonds is 5. The van der Waals surface area contributed by atoms with Crippen molar-refractivity contribution in [1.29, 1.82) is 0 Å². The van der Waals surface area contributed by atoms with E-state index in [0.29, 0.717) is 15.6 Å². The molecule has 3 atom stereocenters. The van der Waals surface area contributed by atoms with Crippen LogP contribution in [-0.2, 0) is 22.4 Å². The summed E-state index contributed by atoms with van der Waals surface area (Å²) in [5.41, 5.74) is 2.65. The number of benzene rings is 1. The first-order valence-electron chi connectivity index (χ1n) is 10.2. The van der Waals surface area contributed by atoms with Crippen LogP contribution in [0.3, 0.4) is 0 Å². The Balaban J connectivity index is 1.47. The number of pyridine rings is 1. The van der Waals surface area contributed by atoms with E-state index < -0.39 is 24.0 Å². The van der Waals surface area contributed by atoms with Crippen LogP contribution in [-0.4, -0.2) is 47.5 Å². The maximum Gasteiger partial charge on any atom is 0.414 e. The summed E-state index contributed by atoms with van der Waals surface area (Å²) in [6.45, 7) is 0.0395. The third kappa shape index (κ3) is 4.67. The number of carbonyl (C=O) groups is 2. The second-order valence-electron chi connectivity index (χ2n) is 8.23. The molecule has 1 aliphatic heterocycles. The van der Waals surface area contributed by atoms with Crippen molar-refractivity contribution in [2.45, 2.75) is 37.5 Å². The predicted octanol–water partition coefficient (Wildman–Crippen LogP) is 3.51. The van der Waals surface area contributed by atoms with Crippen LogP contribution < -0.4 is 10.6 Å². The highest BCUT2D eigenvalue weighted by molar-refractivity contribution is 6.30. The number of hydrogen-bond donors (Lipinski definition) is 2. The van der Waals surface area contributed by atoms with Crippen molar-refractivity contribution in [3.05, 3.63) is 58.4 Å². The van der Waals surface area contributed by atoms with Crippen molar-refractivity contribution in [1.82, 2.24) is 15.2 Å². The van der Waals surface area contributed by atoms with Gasteiger partial charge in [0, 0.05) is 31.1 Å². The number of anilines is 1. The Kier molecular flexibility index (Phi) is 6.03. The number of fused-ring (bicyclic) bond motifs is 1. The smallest absolute Gasteiger partial charge is 0.380 e. The Bertz CT molecular complexity index is 1030.